The lowest BCUT2D eigenvalue weighted by molar-refractivity contribution is 0.0691. The lowest BCUT2D eigenvalue weighted by atomic mass is 10.2. The van der Waals surface area contributed by atoms with Gasteiger partial charge in [-0.25, -0.2) is 23.2 Å². The van der Waals surface area contributed by atoms with Crippen molar-refractivity contribution in [3.63, 3.8) is 0 Å². The van der Waals surface area contributed by atoms with Crippen LogP contribution in [0.2, 0.25) is 5.02 Å². The van der Waals surface area contributed by atoms with Crippen molar-refractivity contribution < 1.29 is 18.3 Å². The molecule has 21 heavy (non-hydrogen) atoms. The number of carboxylic acid groups (broad SMARTS) is 1. The molecule has 0 aliphatic heterocycles. The van der Waals surface area contributed by atoms with Crippen LogP contribution in [0, 0.1) is 6.92 Å². The monoisotopic (exact) mass is 327 g/mol. The zero-order valence-electron chi connectivity index (χ0n) is 10.7. The van der Waals surface area contributed by atoms with Gasteiger partial charge in [-0.2, -0.15) is 0 Å². The molecule has 2 rings (SSSR count). The molecule has 0 aliphatic rings. The van der Waals surface area contributed by atoms with Gasteiger partial charge >= 0.3 is 5.97 Å². The number of sulfonamides is 1. The number of hydrogen-bond donors (Lipinski definition) is 2. The van der Waals surface area contributed by atoms with Crippen molar-refractivity contribution in [1.29, 1.82) is 0 Å². The maximum Gasteiger partial charge on any atom is 0.358 e. The van der Waals surface area contributed by atoms with E-state index in [2.05, 4.69) is 14.7 Å². The van der Waals surface area contributed by atoms with Crippen LogP contribution in [0.5, 0.6) is 0 Å². The molecule has 0 unspecified atom stereocenters. The minimum absolute atomic E-state index is 0.0195. The van der Waals surface area contributed by atoms with Gasteiger partial charge in [-0.3, -0.25) is 4.72 Å². The molecule has 0 atom stereocenters. The average molecular weight is 328 g/mol. The van der Waals surface area contributed by atoms with E-state index in [1.807, 2.05) is 0 Å². The van der Waals surface area contributed by atoms with E-state index in [0.717, 1.165) is 6.20 Å². The standard InChI is InChI=1S/C12H10ClN3O4S/c1-7-6-8(13)2-3-9(7)21(19,20)16-11-10(12(17)18)14-4-5-15-11/h2-6H,1H3,(H,15,16)(H,17,18). The fourth-order valence-electron chi connectivity index (χ4n) is 1.67. The predicted octanol–water partition coefficient (Wildman–Crippen LogP) is 1.94. The quantitative estimate of drug-likeness (QED) is 0.888. The highest BCUT2D eigenvalue weighted by molar-refractivity contribution is 7.92. The zero-order valence-corrected chi connectivity index (χ0v) is 12.3. The Morgan fingerprint density at radius 1 is 1.29 bits per heavy atom. The second-order valence-corrected chi connectivity index (χ2v) is 6.16. The highest BCUT2D eigenvalue weighted by atomic mass is 35.5. The number of aryl methyl sites for hydroxylation is 1. The smallest absolute Gasteiger partial charge is 0.358 e. The Morgan fingerprint density at radius 3 is 2.57 bits per heavy atom. The summed E-state index contributed by atoms with van der Waals surface area (Å²) in [6.07, 6.45) is 2.35. The van der Waals surface area contributed by atoms with Crippen molar-refractivity contribution >= 4 is 33.4 Å². The van der Waals surface area contributed by atoms with Gasteiger partial charge in [0.2, 0.25) is 0 Å². The number of nitrogens with zero attached hydrogens (tertiary/aromatic N) is 2. The Hall–Kier alpha value is -2.19. The van der Waals surface area contributed by atoms with E-state index in [1.54, 1.807) is 6.92 Å². The summed E-state index contributed by atoms with van der Waals surface area (Å²) in [5.41, 5.74) is -0.0524. The summed E-state index contributed by atoms with van der Waals surface area (Å²) in [7, 11) is -3.99. The fourth-order valence-corrected chi connectivity index (χ4v) is 3.14. The number of rotatable bonds is 4. The Kier molecular flexibility index (Phi) is 4.10. The van der Waals surface area contributed by atoms with Gasteiger partial charge in [0.15, 0.2) is 11.5 Å². The number of benzene rings is 1. The molecule has 2 aromatic rings. The van der Waals surface area contributed by atoms with Gasteiger partial charge in [-0.05, 0) is 30.7 Å². The van der Waals surface area contributed by atoms with Crippen LogP contribution < -0.4 is 4.72 Å². The lowest BCUT2D eigenvalue weighted by Crippen LogP contribution is -2.18. The SMILES string of the molecule is Cc1cc(Cl)ccc1S(=O)(=O)Nc1nccnc1C(=O)O. The second kappa shape index (κ2) is 5.66. The van der Waals surface area contributed by atoms with E-state index in [4.69, 9.17) is 16.7 Å². The maximum absolute atomic E-state index is 12.3. The third kappa shape index (κ3) is 3.29. The molecule has 1 aromatic carbocycles. The first-order valence-electron chi connectivity index (χ1n) is 5.64. The molecule has 0 radical (unpaired) electrons. The summed E-state index contributed by atoms with van der Waals surface area (Å²) in [5, 5.41) is 9.37. The number of carboxylic acids is 1. The van der Waals surface area contributed by atoms with E-state index in [-0.39, 0.29) is 10.7 Å². The normalized spacial score (nSPS) is 11.1. The van der Waals surface area contributed by atoms with Gasteiger partial charge in [0.05, 0.1) is 4.90 Å². The molecule has 0 aliphatic carbocycles. The van der Waals surface area contributed by atoms with Crippen LogP contribution in [-0.2, 0) is 10.0 Å². The van der Waals surface area contributed by atoms with Crippen molar-refractivity contribution in [2.45, 2.75) is 11.8 Å². The molecule has 0 saturated heterocycles. The predicted molar refractivity (Wildman–Crippen MR) is 76.0 cm³/mol. The van der Waals surface area contributed by atoms with Crippen LogP contribution in [0.15, 0.2) is 35.5 Å². The van der Waals surface area contributed by atoms with Crippen LogP contribution in [0.3, 0.4) is 0 Å². The molecule has 0 fully saturated rings. The molecular formula is C12H10ClN3O4S. The fraction of sp³-hybridized carbons (Fsp3) is 0.0833. The molecule has 2 N–H and O–H groups in total. The van der Waals surface area contributed by atoms with Gasteiger partial charge < -0.3 is 5.11 Å². The summed E-state index contributed by atoms with van der Waals surface area (Å²) in [4.78, 5) is 18.3. The minimum Gasteiger partial charge on any atom is -0.476 e. The molecule has 1 aromatic heterocycles. The summed E-state index contributed by atoms with van der Waals surface area (Å²) in [6, 6.07) is 4.25. The summed E-state index contributed by atoms with van der Waals surface area (Å²) < 4.78 is 26.7. The molecule has 0 saturated carbocycles. The van der Waals surface area contributed by atoms with Crippen molar-refractivity contribution in [3.8, 4) is 0 Å². The average Bonchev–Trinajstić information content (AvgIpc) is 2.37. The van der Waals surface area contributed by atoms with E-state index < -0.39 is 21.7 Å². The van der Waals surface area contributed by atoms with Gasteiger partial charge in [-0.1, -0.05) is 11.6 Å². The van der Waals surface area contributed by atoms with E-state index in [9.17, 15) is 13.2 Å². The first kappa shape index (κ1) is 15.2. The zero-order chi connectivity index (χ0) is 15.6. The van der Waals surface area contributed by atoms with Crippen molar-refractivity contribution in [3.05, 3.63) is 46.9 Å². The number of nitrogens with one attached hydrogen (secondary N) is 1. The molecule has 0 spiro atoms. The van der Waals surface area contributed by atoms with Crippen LogP contribution in [0.1, 0.15) is 16.1 Å². The maximum atomic E-state index is 12.3. The van der Waals surface area contributed by atoms with Gasteiger partial charge in [0, 0.05) is 17.4 Å². The van der Waals surface area contributed by atoms with E-state index in [0.29, 0.717) is 10.6 Å². The van der Waals surface area contributed by atoms with Crippen LogP contribution in [0.25, 0.3) is 0 Å². The number of aromatic nitrogens is 2. The highest BCUT2D eigenvalue weighted by Gasteiger charge is 2.22. The number of carbonyl (C=O) groups is 1. The van der Waals surface area contributed by atoms with E-state index >= 15 is 0 Å². The van der Waals surface area contributed by atoms with Crippen molar-refractivity contribution in [2.75, 3.05) is 4.72 Å². The molecule has 0 amide bonds. The first-order valence-corrected chi connectivity index (χ1v) is 7.50. The third-order valence-corrected chi connectivity index (χ3v) is 4.29. The largest absolute Gasteiger partial charge is 0.476 e. The van der Waals surface area contributed by atoms with Crippen molar-refractivity contribution in [1.82, 2.24) is 9.97 Å². The molecular weight excluding hydrogens is 318 g/mol. The number of aromatic carboxylic acids is 1. The van der Waals surface area contributed by atoms with Gasteiger partial charge in [0.25, 0.3) is 10.0 Å². The van der Waals surface area contributed by atoms with Crippen molar-refractivity contribution in [2.24, 2.45) is 0 Å². The van der Waals surface area contributed by atoms with Crippen LogP contribution >= 0.6 is 11.6 Å². The molecule has 7 nitrogen and oxygen atoms in total. The third-order valence-electron chi connectivity index (χ3n) is 2.56. The van der Waals surface area contributed by atoms with Gasteiger partial charge in [-0.15, -0.1) is 0 Å². The topological polar surface area (TPSA) is 109 Å². The Bertz CT molecular complexity index is 808. The molecule has 9 heteroatoms. The van der Waals surface area contributed by atoms with E-state index in [1.165, 1.54) is 24.4 Å². The molecule has 110 valence electrons. The Labute approximate surface area is 125 Å². The summed E-state index contributed by atoms with van der Waals surface area (Å²) in [5.74, 6) is -1.73. The Morgan fingerprint density at radius 2 is 1.95 bits per heavy atom. The summed E-state index contributed by atoms with van der Waals surface area (Å²) >= 11 is 5.78. The molecule has 0 bridgehead atoms. The first-order chi connectivity index (χ1) is 9.81. The lowest BCUT2D eigenvalue weighted by Gasteiger charge is -2.10. The van der Waals surface area contributed by atoms with Gasteiger partial charge in [0.1, 0.15) is 0 Å². The summed E-state index contributed by atoms with van der Waals surface area (Å²) in [6.45, 7) is 1.58. The number of anilines is 1. The number of hydrogen-bond acceptors (Lipinski definition) is 5. The molecule has 1 heterocycles. The minimum atomic E-state index is -3.99. The van der Waals surface area contributed by atoms with Crippen LogP contribution in [0.4, 0.5) is 5.82 Å². The second-order valence-electron chi connectivity index (χ2n) is 4.07. The number of halogens is 1. The van der Waals surface area contributed by atoms with Crippen LogP contribution in [-0.4, -0.2) is 29.5 Å². The highest BCUT2D eigenvalue weighted by Crippen LogP contribution is 2.22. The Balaban J connectivity index is 2.45.